The molecule has 8 heteroatoms. The summed E-state index contributed by atoms with van der Waals surface area (Å²) < 4.78 is 10.3. The van der Waals surface area contributed by atoms with Crippen molar-refractivity contribution < 1.29 is 9.47 Å². The number of aromatic nitrogens is 3. The maximum absolute atomic E-state index is 5.15. The normalized spacial score (nSPS) is 10.5. The van der Waals surface area contributed by atoms with Crippen molar-refractivity contribution >= 4 is 17.8 Å². The Bertz CT molecular complexity index is 408. The van der Waals surface area contributed by atoms with Gasteiger partial charge in [-0.2, -0.15) is 15.0 Å². The van der Waals surface area contributed by atoms with Gasteiger partial charge in [0.2, 0.25) is 17.8 Å². The molecule has 0 saturated heterocycles. The third-order valence-corrected chi connectivity index (χ3v) is 2.76. The molecule has 0 unspecified atom stereocenters. The Labute approximate surface area is 126 Å². The minimum absolute atomic E-state index is 0.575. The Kier molecular flexibility index (Phi) is 7.70. The highest BCUT2D eigenvalue weighted by Crippen LogP contribution is 2.15. The SMILES string of the molecule is CCNc1nc(N(C)C)nc(N(CCOC)CCOC)n1. The van der Waals surface area contributed by atoms with E-state index in [2.05, 4.69) is 20.3 Å². The van der Waals surface area contributed by atoms with Crippen molar-refractivity contribution in [3.8, 4) is 0 Å². The lowest BCUT2D eigenvalue weighted by Gasteiger charge is -2.23. The number of hydrogen-bond acceptors (Lipinski definition) is 8. The Hall–Kier alpha value is -1.67. The fourth-order valence-corrected chi connectivity index (χ4v) is 1.65. The van der Waals surface area contributed by atoms with E-state index in [1.165, 1.54) is 0 Å². The van der Waals surface area contributed by atoms with Gasteiger partial charge in [0.1, 0.15) is 0 Å². The first kappa shape index (κ1) is 17.4. The van der Waals surface area contributed by atoms with Crippen LogP contribution in [0.2, 0.25) is 0 Å². The highest BCUT2D eigenvalue weighted by atomic mass is 16.5. The van der Waals surface area contributed by atoms with Gasteiger partial charge >= 0.3 is 0 Å². The van der Waals surface area contributed by atoms with Gasteiger partial charge < -0.3 is 24.6 Å². The quantitative estimate of drug-likeness (QED) is 0.668. The van der Waals surface area contributed by atoms with Crippen LogP contribution in [0.5, 0.6) is 0 Å². The van der Waals surface area contributed by atoms with Crippen LogP contribution in [0.15, 0.2) is 0 Å². The van der Waals surface area contributed by atoms with Crippen LogP contribution in [0.25, 0.3) is 0 Å². The first-order valence-electron chi connectivity index (χ1n) is 7.02. The second kappa shape index (κ2) is 9.30. The van der Waals surface area contributed by atoms with E-state index in [1.807, 2.05) is 30.8 Å². The van der Waals surface area contributed by atoms with Crippen LogP contribution in [-0.4, -0.2) is 76.1 Å². The Morgan fingerprint density at radius 1 is 0.952 bits per heavy atom. The highest BCUT2D eigenvalue weighted by Gasteiger charge is 2.14. The Balaban J connectivity index is 3.02. The maximum atomic E-state index is 5.15. The molecule has 0 aliphatic heterocycles. The largest absolute Gasteiger partial charge is 0.383 e. The number of methoxy groups -OCH3 is 2. The van der Waals surface area contributed by atoms with E-state index >= 15 is 0 Å². The van der Waals surface area contributed by atoms with Crippen LogP contribution < -0.4 is 15.1 Å². The van der Waals surface area contributed by atoms with Gasteiger partial charge in [-0.3, -0.25) is 0 Å². The van der Waals surface area contributed by atoms with Crippen LogP contribution in [-0.2, 0) is 9.47 Å². The van der Waals surface area contributed by atoms with E-state index < -0.39 is 0 Å². The molecule has 21 heavy (non-hydrogen) atoms. The molecule has 0 fully saturated rings. The van der Waals surface area contributed by atoms with Gasteiger partial charge in [-0.15, -0.1) is 0 Å². The van der Waals surface area contributed by atoms with Gasteiger partial charge in [0.15, 0.2) is 0 Å². The molecule has 1 aromatic rings. The van der Waals surface area contributed by atoms with Gasteiger partial charge in [-0.1, -0.05) is 0 Å². The number of anilines is 3. The maximum Gasteiger partial charge on any atom is 0.232 e. The van der Waals surface area contributed by atoms with Crippen molar-refractivity contribution in [1.29, 1.82) is 0 Å². The molecular weight excluding hydrogens is 272 g/mol. The Morgan fingerprint density at radius 3 is 2.00 bits per heavy atom. The second-order valence-electron chi connectivity index (χ2n) is 4.66. The monoisotopic (exact) mass is 298 g/mol. The smallest absolute Gasteiger partial charge is 0.232 e. The molecule has 8 nitrogen and oxygen atoms in total. The van der Waals surface area contributed by atoms with Crippen molar-refractivity contribution in [1.82, 2.24) is 15.0 Å². The van der Waals surface area contributed by atoms with Crippen molar-refractivity contribution in [2.24, 2.45) is 0 Å². The molecule has 0 amide bonds. The number of rotatable bonds is 10. The summed E-state index contributed by atoms with van der Waals surface area (Å²) in [5, 5.41) is 3.13. The van der Waals surface area contributed by atoms with Gasteiger partial charge in [0.25, 0.3) is 0 Å². The molecule has 1 heterocycles. The van der Waals surface area contributed by atoms with E-state index in [9.17, 15) is 0 Å². The lowest BCUT2D eigenvalue weighted by molar-refractivity contribution is 0.189. The van der Waals surface area contributed by atoms with E-state index in [4.69, 9.17) is 9.47 Å². The zero-order chi connectivity index (χ0) is 15.7. The summed E-state index contributed by atoms with van der Waals surface area (Å²) in [6.45, 7) is 5.36. The highest BCUT2D eigenvalue weighted by molar-refractivity contribution is 5.44. The second-order valence-corrected chi connectivity index (χ2v) is 4.66. The molecule has 1 rings (SSSR count). The fraction of sp³-hybridized carbons (Fsp3) is 0.769. The summed E-state index contributed by atoms with van der Waals surface area (Å²) in [6.07, 6.45) is 0. The molecule has 1 aromatic heterocycles. The van der Waals surface area contributed by atoms with E-state index in [1.54, 1.807) is 14.2 Å². The van der Waals surface area contributed by atoms with Crippen LogP contribution in [0, 0.1) is 0 Å². The summed E-state index contributed by atoms with van der Waals surface area (Å²) in [5.74, 6) is 1.82. The summed E-state index contributed by atoms with van der Waals surface area (Å²) >= 11 is 0. The fourth-order valence-electron chi connectivity index (χ4n) is 1.65. The predicted octanol–water partition coefficient (Wildman–Crippen LogP) is 0.469. The molecule has 0 aliphatic carbocycles. The standard InChI is InChI=1S/C13H26N6O2/c1-6-14-11-15-12(18(2)3)17-13(16-11)19(7-9-20-4)8-10-21-5/h6-10H2,1-5H3,(H,14,15,16,17). The lowest BCUT2D eigenvalue weighted by atomic mass is 10.5. The van der Waals surface area contributed by atoms with Gasteiger partial charge in [0.05, 0.1) is 13.2 Å². The molecule has 1 N–H and O–H groups in total. The zero-order valence-electron chi connectivity index (χ0n) is 13.6. The predicted molar refractivity (Wildman–Crippen MR) is 84.3 cm³/mol. The summed E-state index contributed by atoms with van der Waals surface area (Å²) in [6, 6.07) is 0. The molecule has 0 radical (unpaired) electrons. The lowest BCUT2D eigenvalue weighted by Crippen LogP contribution is -2.33. The van der Waals surface area contributed by atoms with Gasteiger partial charge in [-0.05, 0) is 6.92 Å². The van der Waals surface area contributed by atoms with Crippen molar-refractivity contribution in [3.05, 3.63) is 0 Å². The summed E-state index contributed by atoms with van der Waals surface area (Å²) in [5.41, 5.74) is 0. The molecule has 0 aromatic carbocycles. The minimum atomic E-state index is 0.575. The van der Waals surface area contributed by atoms with Crippen molar-refractivity contribution in [2.45, 2.75) is 6.92 Å². The van der Waals surface area contributed by atoms with Crippen LogP contribution in [0.4, 0.5) is 17.8 Å². The molecule has 0 saturated carbocycles. The zero-order valence-corrected chi connectivity index (χ0v) is 13.6. The molecule has 0 atom stereocenters. The van der Waals surface area contributed by atoms with E-state index in [0.717, 1.165) is 6.54 Å². The minimum Gasteiger partial charge on any atom is -0.383 e. The van der Waals surface area contributed by atoms with Crippen LogP contribution in [0.3, 0.4) is 0 Å². The van der Waals surface area contributed by atoms with Gasteiger partial charge in [-0.25, -0.2) is 0 Å². The van der Waals surface area contributed by atoms with Crippen LogP contribution >= 0.6 is 0 Å². The third-order valence-electron chi connectivity index (χ3n) is 2.76. The molecular formula is C13H26N6O2. The number of ether oxygens (including phenoxy) is 2. The summed E-state index contributed by atoms with van der Waals surface area (Å²) in [7, 11) is 7.17. The third kappa shape index (κ3) is 5.68. The topological polar surface area (TPSA) is 75.6 Å². The average molecular weight is 298 g/mol. The average Bonchev–Trinajstić information content (AvgIpc) is 2.47. The molecule has 0 aliphatic rings. The Morgan fingerprint density at radius 2 is 1.52 bits per heavy atom. The number of hydrogen-bond donors (Lipinski definition) is 1. The van der Waals surface area contributed by atoms with E-state index in [-0.39, 0.29) is 0 Å². The molecule has 0 bridgehead atoms. The number of nitrogens with one attached hydrogen (secondary N) is 1. The first-order valence-corrected chi connectivity index (χ1v) is 7.02. The molecule has 120 valence electrons. The molecule has 0 spiro atoms. The van der Waals surface area contributed by atoms with Crippen molar-refractivity contribution in [3.63, 3.8) is 0 Å². The number of nitrogens with zero attached hydrogens (tertiary/aromatic N) is 5. The summed E-state index contributed by atoms with van der Waals surface area (Å²) in [4.78, 5) is 17.2. The van der Waals surface area contributed by atoms with Crippen LogP contribution in [0.1, 0.15) is 6.92 Å². The first-order chi connectivity index (χ1) is 10.1. The van der Waals surface area contributed by atoms with E-state index in [0.29, 0.717) is 44.1 Å². The van der Waals surface area contributed by atoms with Crippen molar-refractivity contribution in [2.75, 3.05) is 76.3 Å². The van der Waals surface area contributed by atoms with Gasteiger partial charge in [0, 0.05) is 47.9 Å².